The number of hydrogen-bond donors (Lipinski definition) is 3. The van der Waals surface area contributed by atoms with E-state index in [0.29, 0.717) is 59.1 Å². The molecule has 0 bridgehead atoms. The molecule has 37 heavy (non-hydrogen) atoms. The molecule has 202 valence electrons. The van der Waals surface area contributed by atoms with Crippen molar-refractivity contribution in [1.29, 1.82) is 0 Å². The predicted molar refractivity (Wildman–Crippen MR) is 151 cm³/mol. The molecule has 1 aliphatic carbocycles. The van der Waals surface area contributed by atoms with E-state index in [9.17, 15) is 9.59 Å². The van der Waals surface area contributed by atoms with Gasteiger partial charge >= 0.3 is 0 Å². The topological polar surface area (TPSA) is 112 Å². The van der Waals surface area contributed by atoms with Crippen molar-refractivity contribution < 1.29 is 23.8 Å². The Morgan fingerprint density at radius 1 is 1.08 bits per heavy atom. The van der Waals surface area contributed by atoms with Gasteiger partial charge in [-0.2, -0.15) is 0 Å². The van der Waals surface area contributed by atoms with E-state index in [1.165, 1.54) is 11.3 Å². The second kappa shape index (κ2) is 12.1. The van der Waals surface area contributed by atoms with E-state index < -0.39 is 11.8 Å². The molecule has 0 saturated heterocycles. The fourth-order valence-electron chi connectivity index (χ4n) is 4.50. The minimum absolute atomic E-state index is 0.0725. The summed E-state index contributed by atoms with van der Waals surface area (Å²) in [6.07, 6.45) is 2.67. The van der Waals surface area contributed by atoms with Crippen LogP contribution in [-0.4, -0.2) is 36.7 Å². The average Bonchev–Trinajstić information content (AvgIpc) is 3.17. The van der Waals surface area contributed by atoms with Crippen molar-refractivity contribution in [1.82, 2.24) is 5.32 Å². The molecule has 2 aromatic rings. The molecular formula is C27H37N3O5S2. The highest BCUT2D eigenvalue weighted by Crippen LogP contribution is 2.44. The van der Waals surface area contributed by atoms with E-state index in [1.807, 2.05) is 20.8 Å². The zero-order chi connectivity index (χ0) is 27.3. The summed E-state index contributed by atoms with van der Waals surface area (Å²) in [5.74, 6) is 0.837. The minimum atomic E-state index is -0.502. The number of nitrogens with one attached hydrogen (secondary N) is 2. The number of primary amides is 1. The zero-order valence-corrected chi connectivity index (χ0v) is 24.0. The first-order chi connectivity index (χ1) is 17.5. The first-order valence-corrected chi connectivity index (χ1v) is 13.9. The SMILES string of the molecule is CCOc1cc(C(=O)NC(=S)Nc2sc3c(c2C(N)=O)CC[C@@H](C(C)(C)C)C3)cc(OCC)c1OCC. The monoisotopic (exact) mass is 547 g/mol. The summed E-state index contributed by atoms with van der Waals surface area (Å²) in [6, 6.07) is 3.20. The molecule has 3 rings (SSSR count). The summed E-state index contributed by atoms with van der Waals surface area (Å²) in [7, 11) is 0. The lowest BCUT2D eigenvalue weighted by atomic mass is 9.72. The highest BCUT2D eigenvalue weighted by Gasteiger charge is 2.33. The number of carbonyl (C=O) groups is 2. The molecule has 1 aliphatic rings. The fourth-order valence-corrected chi connectivity index (χ4v) is 6.10. The largest absolute Gasteiger partial charge is 0.490 e. The molecule has 8 nitrogen and oxygen atoms in total. The summed E-state index contributed by atoms with van der Waals surface area (Å²) in [5, 5.41) is 6.38. The highest BCUT2D eigenvalue weighted by atomic mass is 32.1. The minimum Gasteiger partial charge on any atom is -0.490 e. The fraction of sp³-hybridized carbons (Fsp3) is 0.519. The van der Waals surface area contributed by atoms with Crippen LogP contribution in [0.1, 0.15) is 79.1 Å². The summed E-state index contributed by atoms with van der Waals surface area (Å²) >= 11 is 6.92. The van der Waals surface area contributed by atoms with Crippen LogP contribution in [0.5, 0.6) is 17.2 Å². The molecule has 1 aromatic heterocycles. The average molecular weight is 548 g/mol. The van der Waals surface area contributed by atoms with Gasteiger partial charge in [0.1, 0.15) is 5.00 Å². The standard InChI is InChI=1S/C27H37N3O5S2/c1-7-33-18-12-15(13-19(34-8-2)22(18)35-9-3)24(32)29-26(36)30-25-21(23(28)31)17-11-10-16(27(4,5)6)14-20(17)37-25/h12-13,16H,7-11,14H2,1-6H3,(H2,28,31)(H2,29,30,32,36)/t16-/m1/s1. The van der Waals surface area contributed by atoms with Gasteiger partial charge in [0.15, 0.2) is 16.6 Å². The maximum absolute atomic E-state index is 13.1. The van der Waals surface area contributed by atoms with E-state index in [4.69, 9.17) is 32.2 Å². The van der Waals surface area contributed by atoms with Crippen LogP contribution in [0.2, 0.25) is 0 Å². The third kappa shape index (κ3) is 6.73. The number of hydrogen-bond acceptors (Lipinski definition) is 7. The Morgan fingerprint density at radius 2 is 1.68 bits per heavy atom. The molecule has 2 amide bonds. The van der Waals surface area contributed by atoms with Gasteiger partial charge < -0.3 is 25.3 Å². The van der Waals surface area contributed by atoms with Gasteiger partial charge in [-0.05, 0) is 81.3 Å². The lowest BCUT2D eigenvalue weighted by molar-refractivity contribution is 0.0974. The molecule has 0 aliphatic heterocycles. The molecule has 1 aromatic carbocycles. The van der Waals surface area contributed by atoms with Crippen molar-refractivity contribution in [2.24, 2.45) is 17.1 Å². The number of thiophene rings is 1. The molecule has 0 unspecified atom stereocenters. The number of nitrogens with two attached hydrogens (primary N) is 1. The van der Waals surface area contributed by atoms with Crippen LogP contribution >= 0.6 is 23.6 Å². The van der Waals surface area contributed by atoms with Crippen LogP contribution in [0.25, 0.3) is 0 Å². The summed E-state index contributed by atoms with van der Waals surface area (Å²) in [6.45, 7) is 13.5. The van der Waals surface area contributed by atoms with Crippen LogP contribution in [-0.2, 0) is 12.8 Å². The quantitative estimate of drug-likeness (QED) is 0.364. The molecule has 0 saturated carbocycles. The number of rotatable bonds is 9. The second-order valence-electron chi connectivity index (χ2n) is 9.89. The second-order valence-corrected chi connectivity index (χ2v) is 11.4. The van der Waals surface area contributed by atoms with Crippen LogP contribution in [0.4, 0.5) is 5.00 Å². The van der Waals surface area contributed by atoms with Crippen molar-refractivity contribution in [2.75, 3.05) is 25.1 Å². The Kier molecular flexibility index (Phi) is 9.41. The third-order valence-corrected chi connectivity index (χ3v) is 7.74. The van der Waals surface area contributed by atoms with Gasteiger partial charge in [0.2, 0.25) is 5.75 Å². The smallest absolute Gasteiger partial charge is 0.257 e. The van der Waals surface area contributed by atoms with E-state index >= 15 is 0 Å². The van der Waals surface area contributed by atoms with Gasteiger partial charge in [0, 0.05) is 10.4 Å². The van der Waals surface area contributed by atoms with Gasteiger partial charge in [0.05, 0.1) is 25.4 Å². The molecule has 0 fully saturated rings. The lowest BCUT2D eigenvalue weighted by Gasteiger charge is -2.33. The Morgan fingerprint density at radius 3 is 2.19 bits per heavy atom. The number of fused-ring (bicyclic) bond motifs is 1. The van der Waals surface area contributed by atoms with Crippen molar-refractivity contribution in [3.8, 4) is 17.2 Å². The van der Waals surface area contributed by atoms with Crippen LogP contribution in [0.15, 0.2) is 12.1 Å². The van der Waals surface area contributed by atoms with E-state index in [-0.39, 0.29) is 10.5 Å². The normalized spacial score (nSPS) is 14.9. The van der Waals surface area contributed by atoms with Gasteiger partial charge in [-0.15, -0.1) is 11.3 Å². The summed E-state index contributed by atoms with van der Waals surface area (Å²) < 4.78 is 17.1. The molecule has 1 heterocycles. The van der Waals surface area contributed by atoms with Gasteiger partial charge in [-0.25, -0.2) is 0 Å². The van der Waals surface area contributed by atoms with Crippen LogP contribution < -0.4 is 30.6 Å². The lowest BCUT2D eigenvalue weighted by Crippen LogP contribution is -2.34. The highest BCUT2D eigenvalue weighted by molar-refractivity contribution is 7.80. The molecule has 10 heteroatoms. The molecule has 1 atom stereocenters. The number of benzene rings is 1. The molecule has 4 N–H and O–H groups in total. The maximum atomic E-state index is 13.1. The molecular weight excluding hydrogens is 510 g/mol. The number of carbonyl (C=O) groups excluding carboxylic acids is 2. The zero-order valence-electron chi connectivity index (χ0n) is 22.4. The first-order valence-electron chi connectivity index (χ1n) is 12.6. The Hall–Kier alpha value is -2.85. The maximum Gasteiger partial charge on any atom is 0.257 e. The van der Waals surface area contributed by atoms with Crippen molar-refractivity contribution in [3.05, 3.63) is 33.7 Å². The molecule has 0 radical (unpaired) electrons. The third-order valence-electron chi connectivity index (χ3n) is 6.36. The van der Waals surface area contributed by atoms with Gasteiger partial charge in [0.25, 0.3) is 11.8 Å². The van der Waals surface area contributed by atoms with E-state index in [0.717, 1.165) is 29.7 Å². The van der Waals surface area contributed by atoms with Crippen molar-refractivity contribution >= 4 is 45.5 Å². The Balaban J connectivity index is 1.83. The van der Waals surface area contributed by atoms with Crippen LogP contribution in [0.3, 0.4) is 0 Å². The Bertz CT molecular complexity index is 1140. The summed E-state index contributed by atoms with van der Waals surface area (Å²) in [5.41, 5.74) is 7.68. The number of amides is 2. The van der Waals surface area contributed by atoms with E-state index in [1.54, 1.807) is 12.1 Å². The predicted octanol–water partition coefficient (Wildman–Crippen LogP) is 5.32. The van der Waals surface area contributed by atoms with Crippen molar-refractivity contribution in [3.63, 3.8) is 0 Å². The molecule has 0 spiro atoms. The summed E-state index contributed by atoms with van der Waals surface area (Å²) in [4.78, 5) is 26.6. The number of anilines is 1. The first kappa shape index (κ1) is 28.7. The Labute approximate surface area is 228 Å². The van der Waals surface area contributed by atoms with Gasteiger partial charge in [-0.3, -0.25) is 14.9 Å². The number of ether oxygens (including phenoxy) is 3. The number of thiocarbonyl (C=S) groups is 1. The van der Waals surface area contributed by atoms with Gasteiger partial charge in [-0.1, -0.05) is 20.8 Å². The van der Waals surface area contributed by atoms with E-state index in [2.05, 4.69) is 31.4 Å². The van der Waals surface area contributed by atoms with Crippen molar-refractivity contribution in [2.45, 2.75) is 60.8 Å². The van der Waals surface area contributed by atoms with Crippen LogP contribution in [0, 0.1) is 11.3 Å².